The van der Waals surface area contributed by atoms with Crippen LogP contribution in [-0.4, -0.2) is 36.9 Å². The van der Waals surface area contributed by atoms with Crippen molar-refractivity contribution in [1.29, 1.82) is 0 Å². The number of carbonyl (C=O) groups is 1. The summed E-state index contributed by atoms with van der Waals surface area (Å²) < 4.78 is 61.2. The standard InChI is InChI=1S/C26H27F2N3O4S/c1-16-6-7-17(2)19(13-16)8-11-24-25(18(3)30-35-24)36(33,34)31-12-4-5-20(15-31)26(32)29-23-14-21(27)9-10-22(23)28/h6-11,13-14,20H,4-5,12,15H2,1-3H3,(H,29,32)/b11-8+/t20-/m0/s1. The molecule has 0 spiro atoms. The SMILES string of the molecule is Cc1ccc(C)c(/C=C/c2onc(C)c2S(=O)(=O)N2CCC[C@H](C(=O)Nc3cc(F)ccc3F)C2)c1. The summed E-state index contributed by atoms with van der Waals surface area (Å²) in [7, 11) is -4.05. The number of nitrogens with zero attached hydrogens (tertiary/aromatic N) is 2. The van der Waals surface area contributed by atoms with Crippen molar-refractivity contribution in [2.75, 3.05) is 18.4 Å². The molecule has 1 amide bonds. The van der Waals surface area contributed by atoms with E-state index in [1.807, 2.05) is 32.0 Å². The average Bonchev–Trinajstić information content (AvgIpc) is 3.23. The molecule has 1 saturated heterocycles. The first-order valence-electron chi connectivity index (χ1n) is 11.5. The molecule has 2 aromatic carbocycles. The van der Waals surface area contributed by atoms with Crippen LogP contribution in [0.5, 0.6) is 0 Å². The maximum atomic E-state index is 14.0. The summed E-state index contributed by atoms with van der Waals surface area (Å²) in [6.07, 6.45) is 4.20. The molecular formula is C26H27F2N3O4S. The van der Waals surface area contributed by atoms with Gasteiger partial charge in [0.25, 0.3) is 0 Å². The highest BCUT2D eigenvalue weighted by atomic mass is 32.2. The summed E-state index contributed by atoms with van der Waals surface area (Å²) in [5.41, 5.74) is 2.94. The Labute approximate surface area is 208 Å². The molecule has 0 aliphatic carbocycles. The number of aromatic nitrogens is 1. The minimum absolute atomic E-state index is 0.0544. The highest BCUT2D eigenvalue weighted by molar-refractivity contribution is 7.89. The Hall–Kier alpha value is -3.37. The molecule has 36 heavy (non-hydrogen) atoms. The molecule has 10 heteroatoms. The Balaban J connectivity index is 1.56. The Morgan fingerprint density at radius 3 is 2.69 bits per heavy atom. The van der Waals surface area contributed by atoms with Gasteiger partial charge in [-0.05, 0) is 62.9 Å². The molecular weight excluding hydrogens is 488 g/mol. The van der Waals surface area contributed by atoms with Crippen LogP contribution in [0, 0.1) is 38.3 Å². The van der Waals surface area contributed by atoms with Crippen LogP contribution in [0.2, 0.25) is 0 Å². The molecule has 2 heterocycles. The fraction of sp³-hybridized carbons (Fsp3) is 0.308. The molecule has 1 N–H and O–H groups in total. The van der Waals surface area contributed by atoms with E-state index in [1.54, 1.807) is 19.1 Å². The Morgan fingerprint density at radius 2 is 1.92 bits per heavy atom. The smallest absolute Gasteiger partial charge is 0.248 e. The van der Waals surface area contributed by atoms with E-state index in [0.29, 0.717) is 12.8 Å². The number of anilines is 1. The van der Waals surface area contributed by atoms with Gasteiger partial charge in [0.2, 0.25) is 15.9 Å². The molecule has 4 rings (SSSR count). The van der Waals surface area contributed by atoms with E-state index in [2.05, 4.69) is 10.5 Å². The largest absolute Gasteiger partial charge is 0.355 e. The molecule has 1 aliphatic rings. The molecule has 0 unspecified atom stereocenters. The van der Waals surface area contributed by atoms with Gasteiger partial charge in [-0.15, -0.1) is 0 Å². The van der Waals surface area contributed by atoms with Crippen LogP contribution in [0.25, 0.3) is 12.2 Å². The summed E-state index contributed by atoms with van der Waals surface area (Å²) in [4.78, 5) is 12.7. The summed E-state index contributed by atoms with van der Waals surface area (Å²) in [5, 5.41) is 6.25. The van der Waals surface area contributed by atoms with E-state index in [-0.39, 0.29) is 35.1 Å². The zero-order valence-electron chi connectivity index (χ0n) is 20.2. The van der Waals surface area contributed by atoms with E-state index in [9.17, 15) is 22.0 Å². The maximum Gasteiger partial charge on any atom is 0.248 e. The predicted molar refractivity (Wildman–Crippen MR) is 133 cm³/mol. The lowest BCUT2D eigenvalue weighted by Crippen LogP contribution is -2.44. The number of nitrogens with one attached hydrogen (secondary N) is 1. The molecule has 7 nitrogen and oxygen atoms in total. The fourth-order valence-corrected chi connectivity index (χ4v) is 6.01. The number of sulfonamides is 1. The summed E-state index contributed by atoms with van der Waals surface area (Å²) >= 11 is 0. The minimum atomic E-state index is -4.05. The fourth-order valence-electron chi connectivity index (χ4n) is 4.24. The lowest BCUT2D eigenvalue weighted by Gasteiger charge is -2.31. The van der Waals surface area contributed by atoms with Crippen LogP contribution in [0.15, 0.2) is 45.8 Å². The predicted octanol–water partition coefficient (Wildman–Crippen LogP) is 5.09. The number of hydrogen-bond donors (Lipinski definition) is 1. The first kappa shape index (κ1) is 25.7. The second-order valence-electron chi connectivity index (χ2n) is 8.97. The molecule has 1 aliphatic heterocycles. The van der Waals surface area contributed by atoms with Crippen LogP contribution >= 0.6 is 0 Å². The van der Waals surface area contributed by atoms with Crippen LogP contribution in [0.4, 0.5) is 14.5 Å². The first-order valence-corrected chi connectivity index (χ1v) is 13.0. The quantitative estimate of drug-likeness (QED) is 0.494. The van der Waals surface area contributed by atoms with Gasteiger partial charge in [0.1, 0.15) is 17.3 Å². The number of amides is 1. The van der Waals surface area contributed by atoms with Crippen molar-refractivity contribution in [1.82, 2.24) is 9.46 Å². The minimum Gasteiger partial charge on any atom is -0.355 e. The van der Waals surface area contributed by atoms with Crippen molar-refractivity contribution >= 4 is 33.8 Å². The number of rotatable bonds is 6. The van der Waals surface area contributed by atoms with Crippen molar-refractivity contribution in [2.45, 2.75) is 38.5 Å². The Kier molecular flexibility index (Phi) is 7.37. The highest BCUT2D eigenvalue weighted by Gasteiger charge is 2.37. The monoisotopic (exact) mass is 515 g/mol. The zero-order chi connectivity index (χ0) is 26.0. The average molecular weight is 516 g/mol. The normalized spacial score (nSPS) is 17.0. The number of piperidine rings is 1. The summed E-state index contributed by atoms with van der Waals surface area (Å²) in [6, 6.07) is 8.72. The maximum absolute atomic E-state index is 14.0. The molecule has 0 radical (unpaired) electrons. The van der Waals surface area contributed by atoms with Crippen molar-refractivity contribution < 1.29 is 26.5 Å². The Morgan fingerprint density at radius 1 is 1.14 bits per heavy atom. The van der Waals surface area contributed by atoms with Gasteiger partial charge in [0.15, 0.2) is 10.7 Å². The molecule has 1 aromatic heterocycles. The van der Waals surface area contributed by atoms with Gasteiger partial charge in [-0.1, -0.05) is 35.0 Å². The molecule has 1 atom stereocenters. The molecule has 190 valence electrons. The lowest BCUT2D eigenvalue weighted by molar-refractivity contribution is -0.120. The van der Waals surface area contributed by atoms with Gasteiger partial charge < -0.3 is 9.84 Å². The topological polar surface area (TPSA) is 92.5 Å². The van der Waals surface area contributed by atoms with E-state index in [0.717, 1.165) is 34.9 Å². The van der Waals surface area contributed by atoms with E-state index in [1.165, 1.54) is 4.31 Å². The Bertz CT molecular complexity index is 1430. The second kappa shape index (κ2) is 10.3. The molecule has 3 aromatic rings. The van der Waals surface area contributed by atoms with Gasteiger partial charge in [0.05, 0.1) is 11.6 Å². The first-order chi connectivity index (χ1) is 17.1. The molecule has 0 saturated carbocycles. The molecule has 1 fully saturated rings. The van der Waals surface area contributed by atoms with Crippen LogP contribution in [0.3, 0.4) is 0 Å². The van der Waals surface area contributed by atoms with Crippen LogP contribution in [-0.2, 0) is 14.8 Å². The van der Waals surface area contributed by atoms with E-state index in [4.69, 9.17) is 4.52 Å². The second-order valence-corrected chi connectivity index (χ2v) is 10.8. The van der Waals surface area contributed by atoms with Crippen LogP contribution in [0.1, 0.15) is 41.0 Å². The van der Waals surface area contributed by atoms with Crippen molar-refractivity contribution in [2.24, 2.45) is 5.92 Å². The molecule has 0 bridgehead atoms. The number of hydrogen-bond acceptors (Lipinski definition) is 5. The zero-order valence-corrected chi connectivity index (χ0v) is 21.0. The van der Waals surface area contributed by atoms with Crippen LogP contribution < -0.4 is 5.32 Å². The summed E-state index contributed by atoms with van der Waals surface area (Å²) in [6.45, 7) is 5.58. The number of carbonyl (C=O) groups excluding carboxylic acids is 1. The van der Waals surface area contributed by atoms with E-state index < -0.39 is 33.5 Å². The highest BCUT2D eigenvalue weighted by Crippen LogP contribution is 2.30. The number of halogens is 2. The van der Waals surface area contributed by atoms with E-state index >= 15 is 0 Å². The van der Waals surface area contributed by atoms with Gasteiger partial charge in [-0.25, -0.2) is 17.2 Å². The van der Waals surface area contributed by atoms with Gasteiger partial charge in [-0.3, -0.25) is 4.79 Å². The lowest BCUT2D eigenvalue weighted by atomic mass is 9.98. The van der Waals surface area contributed by atoms with Gasteiger partial charge in [-0.2, -0.15) is 4.31 Å². The third-order valence-electron chi connectivity index (χ3n) is 6.22. The van der Waals surface area contributed by atoms with Crippen molar-refractivity contribution in [3.63, 3.8) is 0 Å². The third kappa shape index (κ3) is 5.39. The third-order valence-corrected chi connectivity index (χ3v) is 8.25. The number of benzene rings is 2. The van der Waals surface area contributed by atoms with Gasteiger partial charge >= 0.3 is 0 Å². The van der Waals surface area contributed by atoms with Crippen molar-refractivity contribution in [3.8, 4) is 0 Å². The number of aryl methyl sites for hydroxylation is 3. The van der Waals surface area contributed by atoms with Crippen molar-refractivity contribution in [3.05, 3.63) is 76.2 Å². The summed E-state index contributed by atoms with van der Waals surface area (Å²) in [5.74, 6) is -2.67. The van der Waals surface area contributed by atoms with Gasteiger partial charge in [0, 0.05) is 19.2 Å².